The van der Waals surface area contributed by atoms with Gasteiger partial charge >= 0.3 is 0 Å². The number of rotatable bonds is 3. The highest BCUT2D eigenvalue weighted by molar-refractivity contribution is 5.67. The van der Waals surface area contributed by atoms with Crippen molar-refractivity contribution in [3.8, 4) is 0 Å². The number of anilines is 5. The molecule has 0 unspecified atom stereocenters. The molecule has 0 spiro atoms. The van der Waals surface area contributed by atoms with Crippen LogP contribution in [0.4, 0.5) is 28.8 Å². The number of aryl methyl sites for hydroxylation is 2. The largest absolute Gasteiger partial charge is 0.399 e. The monoisotopic (exact) mass is 409 g/mol. The molecule has 156 valence electrons. The number of hydrogen-bond donors (Lipinski definition) is 2. The number of nitrogen functional groups attached to an aromatic ring is 1. The van der Waals surface area contributed by atoms with Crippen molar-refractivity contribution in [1.82, 2.24) is 9.97 Å². The van der Waals surface area contributed by atoms with Crippen molar-refractivity contribution in [1.29, 1.82) is 0 Å². The van der Waals surface area contributed by atoms with Crippen LogP contribution in [0.25, 0.3) is 0 Å². The summed E-state index contributed by atoms with van der Waals surface area (Å²) in [5.41, 5.74) is 11.1. The van der Waals surface area contributed by atoms with Crippen LogP contribution >= 0.6 is 0 Å². The number of benzene rings is 3. The van der Waals surface area contributed by atoms with Crippen molar-refractivity contribution in [2.75, 3.05) is 22.5 Å². The lowest BCUT2D eigenvalue weighted by Crippen LogP contribution is -2.25. The van der Waals surface area contributed by atoms with Gasteiger partial charge in [-0.3, -0.25) is 0 Å². The normalized spacial score (nSPS) is 12.4. The number of nitrogens with zero attached hydrogens (tertiary/aromatic N) is 3. The maximum atomic E-state index is 5.36. The molecule has 0 saturated heterocycles. The van der Waals surface area contributed by atoms with Crippen LogP contribution in [0.5, 0.6) is 0 Å². The average molecular weight is 410 g/mol. The molecule has 3 aromatic carbocycles. The molecule has 0 bridgehead atoms. The average Bonchev–Trinajstić information content (AvgIpc) is 2.80. The molecule has 0 amide bonds. The molecular weight excluding hydrogens is 382 g/mol. The molecule has 1 aromatic heterocycles. The van der Waals surface area contributed by atoms with Crippen LogP contribution in [-0.4, -0.2) is 16.5 Å². The molecule has 5 nitrogen and oxygen atoms in total. The van der Waals surface area contributed by atoms with E-state index in [1.54, 1.807) is 0 Å². The van der Waals surface area contributed by atoms with E-state index in [9.17, 15) is 0 Å². The summed E-state index contributed by atoms with van der Waals surface area (Å²) in [5.74, 6) is 1.56. The van der Waals surface area contributed by atoms with Gasteiger partial charge in [-0.1, -0.05) is 54.1 Å². The third-order valence-corrected chi connectivity index (χ3v) is 5.10. The van der Waals surface area contributed by atoms with Crippen molar-refractivity contribution >= 4 is 28.8 Å². The van der Waals surface area contributed by atoms with Crippen LogP contribution in [0.2, 0.25) is 0 Å². The SMILES string of the molecule is Cc1ccc2c(c1)CCCN2c1ccnc(Nc2ccccc2)n1.Nc1ccccc1. The van der Waals surface area contributed by atoms with Crippen molar-refractivity contribution in [3.05, 3.63) is 102 Å². The Morgan fingerprint density at radius 1 is 0.903 bits per heavy atom. The van der Waals surface area contributed by atoms with Gasteiger partial charge in [0.05, 0.1) is 0 Å². The van der Waals surface area contributed by atoms with Crippen molar-refractivity contribution < 1.29 is 0 Å². The van der Waals surface area contributed by atoms with Crippen LogP contribution in [0.3, 0.4) is 0 Å². The van der Waals surface area contributed by atoms with Gasteiger partial charge in [-0.05, 0) is 61.7 Å². The molecule has 1 aliphatic rings. The van der Waals surface area contributed by atoms with Gasteiger partial charge in [-0.25, -0.2) is 4.98 Å². The van der Waals surface area contributed by atoms with Crippen molar-refractivity contribution in [2.45, 2.75) is 19.8 Å². The molecule has 2 heterocycles. The molecule has 5 heteroatoms. The van der Waals surface area contributed by atoms with E-state index in [1.807, 2.05) is 72.9 Å². The number of aromatic nitrogens is 2. The van der Waals surface area contributed by atoms with Crippen molar-refractivity contribution in [2.24, 2.45) is 0 Å². The van der Waals surface area contributed by atoms with E-state index in [1.165, 1.54) is 16.8 Å². The molecule has 4 aromatic rings. The first kappa shape index (κ1) is 20.4. The summed E-state index contributed by atoms with van der Waals surface area (Å²) in [6, 6.07) is 28.1. The third kappa shape index (κ3) is 5.39. The summed E-state index contributed by atoms with van der Waals surface area (Å²) in [5, 5.41) is 3.27. The highest BCUT2D eigenvalue weighted by Gasteiger charge is 2.19. The summed E-state index contributed by atoms with van der Waals surface area (Å²) in [4.78, 5) is 11.4. The maximum Gasteiger partial charge on any atom is 0.229 e. The zero-order valence-electron chi connectivity index (χ0n) is 17.7. The molecule has 0 radical (unpaired) electrons. The minimum Gasteiger partial charge on any atom is -0.399 e. The van der Waals surface area contributed by atoms with Crippen LogP contribution in [0, 0.1) is 6.92 Å². The summed E-state index contributed by atoms with van der Waals surface area (Å²) < 4.78 is 0. The van der Waals surface area contributed by atoms with Gasteiger partial charge in [-0.15, -0.1) is 0 Å². The van der Waals surface area contributed by atoms with Gasteiger partial charge in [-0.2, -0.15) is 4.98 Å². The quantitative estimate of drug-likeness (QED) is 0.414. The molecule has 0 aliphatic carbocycles. The molecule has 0 fully saturated rings. The van der Waals surface area contributed by atoms with E-state index in [0.29, 0.717) is 5.95 Å². The minimum atomic E-state index is 0.623. The molecular formula is C26H27N5. The second kappa shape index (κ2) is 9.76. The highest BCUT2D eigenvalue weighted by atomic mass is 15.2. The Morgan fingerprint density at radius 2 is 1.65 bits per heavy atom. The number of fused-ring (bicyclic) bond motifs is 1. The zero-order valence-corrected chi connectivity index (χ0v) is 17.7. The Morgan fingerprint density at radius 3 is 2.35 bits per heavy atom. The van der Waals surface area contributed by atoms with Gasteiger partial charge in [0.2, 0.25) is 5.95 Å². The molecule has 0 saturated carbocycles. The van der Waals surface area contributed by atoms with Gasteiger partial charge in [0.1, 0.15) is 5.82 Å². The van der Waals surface area contributed by atoms with Crippen LogP contribution in [0.15, 0.2) is 91.1 Å². The van der Waals surface area contributed by atoms with Gasteiger partial charge < -0.3 is 16.0 Å². The second-order valence-electron chi connectivity index (χ2n) is 7.53. The van der Waals surface area contributed by atoms with E-state index >= 15 is 0 Å². The molecule has 1 aliphatic heterocycles. The molecule has 0 atom stereocenters. The Hall–Kier alpha value is -3.86. The molecule has 3 N–H and O–H groups in total. The Balaban J connectivity index is 0.000000282. The third-order valence-electron chi connectivity index (χ3n) is 5.10. The second-order valence-corrected chi connectivity index (χ2v) is 7.53. The lowest BCUT2D eigenvalue weighted by molar-refractivity contribution is 0.758. The topological polar surface area (TPSA) is 67.1 Å². The lowest BCUT2D eigenvalue weighted by atomic mass is 9.99. The fraction of sp³-hybridized carbons (Fsp3) is 0.154. The number of nitrogens with one attached hydrogen (secondary N) is 1. The highest BCUT2D eigenvalue weighted by Crippen LogP contribution is 2.33. The first-order valence-electron chi connectivity index (χ1n) is 10.5. The maximum absolute atomic E-state index is 5.36. The lowest BCUT2D eigenvalue weighted by Gasteiger charge is -2.30. The van der Waals surface area contributed by atoms with E-state index in [0.717, 1.165) is 36.6 Å². The number of hydrogen-bond acceptors (Lipinski definition) is 5. The van der Waals surface area contributed by atoms with Gasteiger partial charge in [0.25, 0.3) is 0 Å². The standard InChI is InChI=1S/C20H20N4.C6H7N/c1-15-9-10-18-16(14-15)6-5-13-24(18)19-11-12-21-20(23-19)22-17-7-3-2-4-8-17;7-6-4-2-1-3-5-6/h2-4,7-12,14H,5-6,13H2,1H3,(H,21,22,23);1-5H,7H2. The Bertz CT molecular complexity index is 1110. The molecule has 31 heavy (non-hydrogen) atoms. The van der Waals surface area contributed by atoms with Crippen LogP contribution in [-0.2, 0) is 6.42 Å². The molecule has 5 rings (SSSR count). The predicted octanol–water partition coefficient (Wildman–Crippen LogP) is 5.88. The number of para-hydroxylation sites is 2. The Kier molecular flexibility index (Phi) is 6.43. The zero-order chi connectivity index (χ0) is 21.5. The summed E-state index contributed by atoms with van der Waals surface area (Å²) in [6.45, 7) is 3.13. The van der Waals surface area contributed by atoms with Gasteiger partial charge in [0, 0.05) is 29.8 Å². The van der Waals surface area contributed by atoms with Crippen molar-refractivity contribution in [3.63, 3.8) is 0 Å². The predicted molar refractivity (Wildman–Crippen MR) is 129 cm³/mol. The van der Waals surface area contributed by atoms with E-state index < -0.39 is 0 Å². The van der Waals surface area contributed by atoms with Gasteiger partial charge in [0.15, 0.2) is 0 Å². The summed E-state index contributed by atoms with van der Waals surface area (Å²) >= 11 is 0. The van der Waals surface area contributed by atoms with Crippen LogP contribution in [0.1, 0.15) is 17.5 Å². The fourth-order valence-corrected chi connectivity index (χ4v) is 3.63. The minimum absolute atomic E-state index is 0.623. The first-order chi connectivity index (χ1) is 15.2. The van der Waals surface area contributed by atoms with E-state index in [2.05, 4.69) is 40.3 Å². The summed E-state index contributed by atoms with van der Waals surface area (Å²) in [6.07, 6.45) is 4.09. The smallest absolute Gasteiger partial charge is 0.229 e. The summed E-state index contributed by atoms with van der Waals surface area (Å²) in [7, 11) is 0. The van der Waals surface area contributed by atoms with Crippen LogP contribution < -0.4 is 16.0 Å². The Labute approximate surface area is 183 Å². The van der Waals surface area contributed by atoms with E-state index in [4.69, 9.17) is 10.7 Å². The number of nitrogens with two attached hydrogens (primary N) is 1. The fourth-order valence-electron chi connectivity index (χ4n) is 3.63. The van der Waals surface area contributed by atoms with E-state index in [-0.39, 0.29) is 0 Å². The first-order valence-corrected chi connectivity index (χ1v) is 10.5.